The zero-order valence-corrected chi connectivity index (χ0v) is 19.4. The third-order valence-electron chi connectivity index (χ3n) is 4.29. The fourth-order valence-corrected chi connectivity index (χ4v) is 3.73. The van der Waals surface area contributed by atoms with E-state index < -0.39 is 23.8 Å². The highest BCUT2D eigenvalue weighted by atomic mass is 127. The normalized spacial score (nSPS) is 14.9. The minimum atomic E-state index is -1.16. The highest BCUT2D eigenvalue weighted by Crippen LogP contribution is 2.26. The van der Waals surface area contributed by atoms with Crippen molar-refractivity contribution >= 4 is 75.4 Å². The number of amides is 2. The minimum Gasteiger partial charge on any atom is -0.481 e. The molecule has 0 aromatic heterocycles. The van der Waals surface area contributed by atoms with Gasteiger partial charge >= 0.3 is 11.9 Å². The molecule has 1 fully saturated rings. The van der Waals surface area contributed by atoms with E-state index in [2.05, 4.69) is 10.1 Å². The molecule has 2 N–H and O–H groups in total. The van der Waals surface area contributed by atoms with Crippen LogP contribution in [0.2, 0.25) is 0 Å². The third kappa shape index (κ3) is 5.11. The van der Waals surface area contributed by atoms with Gasteiger partial charge in [-0.25, -0.2) is 9.59 Å². The van der Waals surface area contributed by atoms with Crippen molar-refractivity contribution in [2.24, 2.45) is 0 Å². The number of halogens is 1. The van der Waals surface area contributed by atoms with Crippen molar-refractivity contribution in [2.45, 2.75) is 0 Å². The van der Waals surface area contributed by atoms with Gasteiger partial charge < -0.3 is 14.6 Å². The van der Waals surface area contributed by atoms with E-state index in [4.69, 9.17) is 17.0 Å². The van der Waals surface area contributed by atoms with Crippen molar-refractivity contribution in [3.8, 4) is 5.75 Å². The molecule has 0 unspecified atom stereocenters. The number of esters is 1. The Kier molecular flexibility index (Phi) is 7.20. The molecule has 0 bridgehead atoms. The van der Waals surface area contributed by atoms with Crippen molar-refractivity contribution in [2.75, 3.05) is 18.6 Å². The SMILES string of the molecule is COC(=O)COc1ccc(C=C2C(=O)NC(=S)N(c3cccc(C(=O)O)c3)C2=O)cc1I. The number of rotatable bonds is 6. The predicted octanol–water partition coefficient (Wildman–Crippen LogP) is 2.37. The average Bonchev–Trinajstić information content (AvgIpc) is 2.75. The van der Waals surface area contributed by atoms with Gasteiger partial charge in [-0.15, -0.1) is 0 Å². The molecule has 3 rings (SSSR count). The van der Waals surface area contributed by atoms with E-state index >= 15 is 0 Å². The Balaban J connectivity index is 1.91. The van der Waals surface area contributed by atoms with Crippen LogP contribution in [0.3, 0.4) is 0 Å². The zero-order valence-electron chi connectivity index (χ0n) is 16.5. The number of benzene rings is 2. The largest absolute Gasteiger partial charge is 0.481 e. The summed E-state index contributed by atoms with van der Waals surface area (Å²) in [5.74, 6) is -2.62. The molecule has 0 aliphatic carbocycles. The molecule has 9 nitrogen and oxygen atoms in total. The van der Waals surface area contributed by atoms with Crippen molar-refractivity contribution in [3.63, 3.8) is 0 Å². The monoisotopic (exact) mass is 566 g/mol. The molecule has 11 heteroatoms. The summed E-state index contributed by atoms with van der Waals surface area (Å²) in [6, 6.07) is 10.5. The summed E-state index contributed by atoms with van der Waals surface area (Å²) in [5.41, 5.74) is 0.535. The fraction of sp³-hybridized carbons (Fsp3) is 0.0952. The average molecular weight is 566 g/mol. The number of hydrogen-bond donors (Lipinski definition) is 2. The number of carbonyl (C=O) groups excluding carboxylic acids is 3. The lowest BCUT2D eigenvalue weighted by molar-refractivity contribution is -0.143. The van der Waals surface area contributed by atoms with Gasteiger partial charge in [-0.05, 0) is 76.8 Å². The number of carboxylic acids is 1. The van der Waals surface area contributed by atoms with Crippen LogP contribution in [-0.2, 0) is 19.1 Å². The fourth-order valence-electron chi connectivity index (χ4n) is 2.76. The summed E-state index contributed by atoms with van der Waals surface area (Å²) in [5, 5.41) is 11.5. The lowest BCUT2D eigenvalue weighted by atomic mass is 10.1. The van der Waals surface area contributed by atoms with Gasteiger partial charge in [-0.1, -0.05) is 12.1 Å². The quantitative estimate of drug-likeness (QED) is 0.180. The second-order valence-corrected chi connectivity index (χ2v) is 7.92. The minimum absolute atomic E-state index is 0.0300. The number of anilines is 1. The van der Waals surface area contributed by atoms with E-state index in [0.717, 1.165) is 4.90 Å². The molecule has 2 amide bonds. The molecule has 0 saturated carbocycles. The molecule has 2 aromatic rings. The van der Waals surface area contributed by atoms with Gasteiger partial charge in [0.15, 0.2) is 11.7 Å². The number of carbonyl (C=O) groups is 4. The molecule has 1 heterocycles. The molecule has 2 aromatic carbocycles. The molecule has 32 heavy (non-hydrogen) atoms. The predicted molar refractivity (Wildman–Crippen MR) is 126 cm³/mol. The Morgan fingerprint density at radius 1 is 1.22 bits per heavy atom. The summed E-state index contributed by atoms with van der Waals surface area (Å²) >= 11 is 7.13. The van der Waals surface area contributed by atoms with Crippen LogP contribution in [0.5, 0.6) is 5.75 Å². The van der Waals surface area contributed by atoms with Crippen LogP contribution in [0.25, 0.3) is 6.08 Å². The smallest absolute Gasteiger partial charge is 0.343 e. The molecule has 0 radical (unpaired) electrons. The Hall–Kier alpha value is -3.32. The molecule has 1 aliphatic heterocycles. The van der Waals surface area contributed by atoms with Gasteiger partial charge in [0, 0.05) is 0 Å². The molecule has 1 aliphatic rings. The van der Waals surface area contributed by atoms with Crippen LogP contribution >= 0.6 is 34.8 Å². The number of hydrogen-bond acceptors (Lipinski definition) is 7. The molecule has 164 valence electrons. The van der Waals surface area contributed by atoms with Crippen molar-refractivity contribution < 1.29 is 33.8 Å². The van der Waals surface area contributed by atoms with Gasteiger partial charge in [-0.3, -0.25) is 19.8 Å². The summed E-state index contributed by atoms with van der Waals surface area (Å²) in [4.78, 5) is 49.1. The lowest BCUT2D eigenvalue weighted by Crippen LogP contribution is -2.54. The molecular formula is C21H15IN2O7S. The number of ether oxygens (including phenoxy) is 2. The second kappa shape index (κ2) is 9.87. The van der Waals surface area contributed by atoms with Gasteiger partial charge in [-0.2, -0.15) is 0 Å². The number of carboxylic acid groups (broad SMARTS) is 1. The number of aromatic carboxylic acids is 1. The van der Waals surface area contributed by atoms with E-state index in [0.29, 0.717) is 14.9 Å². The Labute approximate surface area is 201 Å². The Morgan fingerprint density at radius 2 is 1.97 bits per heavy atom. The maximum Gasteiger partial charge on any atom is 0.343 e. The first kappa shape index (κ1) is 23.3. The first-order chi connectivity index (χ1) is 15.2. The van der Waals surface area contributed by atoms with Crippen LogP contribution in [0.15, 0.2) is 48.0 Å². The molecular weight excluding hydrogens is 551 g/mol. The topological polar surface area (TPSA) is 122 Å². The Bertz CT molecular complexity index is 1180. The van der Waals surface area contributed by atoms with Crippen LogP contribution in [-0.4, -0.2) is 47.7 Å². The zero-order chi connectivity index (χ0) is 23.4. The third-order valence-corrected chi connectivity index (χ3v) is 5.42. The van der Waals surface area contributed by atoms with Crippen LogP contribution < -0.4 is 15.0 Å². The van der Waals surface area contributed by atoms with E-state index in [1.807, 2.05) is 22.6 Å². The summed E-state index contributed by atoms with van der Waals surface area (Å²) in [6.07, 6.45) is 1.39. The van der Waals surface area contributed by atoms with Crippen molar-refractivity contribution in [1.29, 1.82) is 0 Å². The molecule has 0 atom stereocenters. The van der Waals surface area contributed by atoms with Crippen LogP contribution in [0, 0.1) is 3.57 Å². The highest BCUT2D eigenvalue weighted by Gasteiger charge is 2.34. The van der Waals surface area contributed by atoms with Gasteiger partial charge in [0.1, 0.15) is 11.3 Å². The number of methoxy groups -OCH3 is 1. The van der Waals surface area contributed by atoms with E-state index in [1.54, 1.807) is 18.2 Å². The van der Waals surface area contributed by atoms with E-state index in [-0.39, 0.29) is 28.5 Å². The van der Waals surface area contributed by atoms with Crippen molar-refractivity contribution in [3.05, 3.63) is 62.7 Å². The molecule has 0 spiro atoms. The van der Waals surface area contributed by atoms with Gasteiger partial charge in [0.2, 0.25) is 0 Å². The van der Waals surface area contributed by atoms with Crippen LogP contribution in [0.1, 0.15) is 15.9 Å². The Morgan fingerprint density at radius 3 is 2.62 bits per heavy atom. The summed E-state index contributed by atoms with van der Waals surface area (Å²) < 4.78 is 10.5. The number of nitrogens with zero attached hydrogens (tertiary/aromatic N) is 1. The second-order valence-electron chi connectivity index (χ2n) is 6.37. The van der Waals surface area contributed by atoms with Crippen molar-refractivity contribution in [1.82, 2.24) is 5.32 Å². The first-order valence-electron chi connectivity index (χ1n) is 8.95. The van der Waals surface area contributed by atoms with E-state index in [1.165, 1.54) is 37.5 Å². The number of thiocarbonyl (C=S) groups is 1. The summed E-state index contributed by atoms with van der Waals surface area (Å²) in [7, 11) is 1.26. The lowest BCUT2D eigenvalue weighted by Gasteiger charge is -2.29. The number of nitrogens with one attached hydrogen (secondary N) is 1. The highest BCUT2D eigenvalue weighted by molar-refractivity contribution is 14.1. The summed E-state index contributed by atoms with van der Waals surface area (Å²) in [6.45, 7) is -0.254. The maximum atomic E-state index is 13.1. The first-order valence-corrected chi connectivity index (χ1v) is 10.4. The van der Waals surface area contributed by atoms with Crippen LogP contribution in [0.4, 0.5) is 5.69 Å². The maximum absolute atomic E-state index is 13.1. The standard InChI is InChI=1S/C21H15IN2O7S/c1-30-17(25)10-31-16-6-5-11(8-15(16)22)7-14-18(26)23-21(32)24(19(14)27)13-4-2-3-12(9-13)20(28)29/h2-9H,10H2,1H3,(H,28,29)(H,23,26,32). The van der Waals surface area contributed by atoms with E-state index in [9.17, 15) is 24.3 Å². The molecule has 1 saturated heterocycles. The van der Waals surface area contributed by atoms with Gasteiger partial charge in [0.05, 0.1) is 21.9 Å². The van der Waals surface area contributed by atoms with Gasteiger partial charge in [0.25, 0.3) is 11.8 Å².